The van der Waals surface area contributed by atoms with E-state index in [9.17, 15) is 4.79 Å². The number of halogens is 2. The molecule has 0 radical (unpaired) electrons. The van der Waals surface area contributed by atoms with Gasteiger partial charge < -0.3 is 9.84 Å². The highest BCUT2D eigenvalue weighted by atomic mass is 35.5. The van der Waals surface area contributed by atoms with Crippen LogP contribution in [0.4, 0.5) is 0 Å². The third-order valence-corrected chi connectivity index (χ3v) is 4.10. The highest BCUT2D eigenvalue weighted by molar-refractivity contribution is 6.33. The van der Waals surface area contributed by atoms with Gasteiger partial charge in [-0.3, -0.25) is 4.79 Å². The molecule has 3 rings (SSSR count). The van der Waals surface area contributed by atoms with Crippen LogP contribution >= 0.6 is 23.2 Å². The van der Waals surface area contributed by atoms with Crippen LogP contribution in [0.1, 0.15) is 11.5 Å². The van der Waals surface area contributed by atoms with E-state index in [0.29, 0.717) is 46.7 Å². The Bertz CT molecular complexity index is 863. The highest BCUT2D eigenvalue weighted by Gasteiger charge is 2.11. The zero-order chi connectivity index (χ0) is 17.6. The molecule has 0 fully saturated rings. The van der Waals surface area contributed by atoms with Crippen molar-refractivity contribution in [3.8, 4) is 11.4 Å². The summed E-state index contributed by atoms with van der Waals surface area (Å²) in [7, 11) is 0. The number of rotatable bonds is 6. The van der Waals surface area contributed by atoms with Gasteiger partial charge in [0.15, 0.2) is 0 Å². The summed E-state index contributed by atoms with van der Waals surface area (Å²) < 4.78 is 5.20. The maximum atomic E-state index is 11.9. The first-order valence-corrected chi connectivity index (χ1v) is 8.46. The summed E-state index contributed by atoms with van der Waals surface area (Å²) in [5.74, 6) is 0.808. The SMILES string of the molecule is O=C(Cc1ccc(Cl)cc1)NCCc1nc(-c2ccccc2Cl)no1. The number of carbonyl (C=O) groups excluding carboxylic acids is 1. The molecule has 3 aromatic rings. The number of hydrogen-bond acceptors (Lipinski definition) is 4. The molecule has 0 atom stereocenters. The number of amides is 1. The molecule has 0 saturated heterocycles. The van der Waals surface area contributed by atoms with Crippen molar-refractivity contribution >= 4 is 29.1 Å². The predicted octanol–water partition coefficient (Wildman–Crippen LogP) is 3.94. The van der Waals surface area contributed by atoms with Gasteiger partial charge in [-0.25, -0.2) is 0 Å². The second-order valence-electron chi connectivity index (χ2n) is 5.39. The molecule has 0 aliphatic heterocycles. The molecule has 1 amide bonds. The Labute approximate surface area is 155 Å². The van der Waals surface area contributed by atoms with Crippen molar-refractivity contribution in [2.75, 3.05) is 6.54 Å². The van der Waals surface area contributed by atoms with Crippen LogP contribution in [0.2, 0.25) is 10.0 Å². The molecular weight excluding hydrogens is 361 g/mol. The van der Waals surface area contributed by atoms with E-state index in [-0.39, 0.29) is 5.91 Å². The predicted molar refractivity (Wildman–Crippen MR) is 96.6 cm³/mol. The molecule has 0 aliphatic carbocycles. The van der Waals surface area contributed by atoms with E-state index in [1.807, 2.05) is 30.3 Å². The summed E-state index contributed by atoms with van der Waals surface area (Å²) in [6.07, 6.45) is 0.746. The Morgan fingerprint density at radius 2 is 1.84 bits per heavy atom. The van der Waals surface area contributed by atoms with Gasteiger partial charge in [-0.2, -0.15) is 4.98 Å². The third-order valence-electron chi connectivity index (χ3n) is 3.52. The first-order valence-electron chi connectivity index (χ1n) is 7.70. The van der Waals surface area contributed by atoms with E-state index < -0.39 is 0 Å². The molecule has 5 nitrogen and oxygen atoms in total. The maximum absolute atomic E-state index is 11.9. The average Bonchev–Trinajstić information content (AvgIpc) is 3.06. The Morgan fingerprint density at radius 1 is 1.08 bits per heavy atom. The minimum Gasteiger partial charge on any atom is -0.355 e. The molecule has 0 unspecified atom stereocenters. The Morgan fingerprint density at radius 3 is 2.60 bits per heavy atom. The molecule has 1 N–H and O–H groups in total. The molecule has 0 bridgehead atoms. The quantitative estimate of drug-likeness (QED) is 0.708. The molecule has 2 aromatic carbocycles. The normalized spacial score (nSPS) is 10.6. The molecule has 0 saturated carbocycles. The Kier molecular flexibility index (Phi) is 5.68. The monoisotopic (exact) mass is 375 g/mol. The van der Waals surface area contributed by atoms with Gasteiger partial charge in [0, 0.05) is 23.6 Å². The van der Waals surface area contributed by atoms with Crippen LogP contribution in [0.3, 0.4) is 0 Å². The lowest BCUT2D eigenvalue weighted by molar-refractivity contribution is -0.120. The summed E-state index contributed by atoms with van der Waals surface area (Å²) in [5, 5.41) is 7.96. The largest absolute Gasteiger partial charge is 0.355 e. The van der Waals surface area contributed by atoms with Crippen molar-refractivity contribution in [2.24, 2.45) is 0 Å². The fourth-order valence-corrected chi connectivity index (χ4v) is 2.61. The highest BCUT2D eigenvalue weighted by Crippen LogP contribution is 2.24. The van der Waals surface area contributed by atoms with Gasteiger partial charge in [-0.15, -0.1) is 0 Å². The van der Waals surface area contributed by atoms with Crippen molar-refractivity contribution in [1.82, 2.24) is 15.5 Å². The van der Waals surface area contributed by atoms with Crippen LogP contribution < -0.4 is 5.32 Å². The number of carbonyl (C=O) groups is 1. The van der Waals surface area contributed by atoms with E-state index in [2.05, 4.69) is 15.5 Å². The van der Waals surface area contributed by atoms with Crippen molar-refractivity contribution < 1.29 is 9.32 Å². The zero-order valence-electron chi connectivity index (χ0n) is 13.2. The molecule has 128 valence electrons. The van der Waals surface area contributed by atoms with Gasteiger partial charge >= 0.3 is 0 Å². The summed E-state index contributed by atoms with van der Waals surface area (Å²) in [6, 6.07) is 14.5. The first-order chi connectivity index (χ1) is 12.1. The van der Waals surface area contributed by atoms with Crippen LogP contribution in [0.25, 0.3) is 11.4 Å². The van der Waals surface area contributed by atoms with Crippen LogP contribution in [0, 0.1) is 0 Å². The number of nitrogens with one attached hydrogen (secondary N) is 1. The van der Waals surface area contributed by atoms with Gasteiger partial charge in [-0.05, 0) is 29.8 Å². The molecular formula is C18H15Cl2N3O2. The number of nitrogens with zero attached hydrogens (tertiary/aromatic N) is 2. The van der Waals surface area contributed by atoms with Crippen molar-refractivity contribution in [3.63, 3.8) is 0 Å². The minimum absolute atomic E-state index is 0.0758. The molecule has 1 aromatic heterocycles. The lowest BCUT2D eigenvalue weighted by atomic mass is 10.1. The lowest BCUT2D eigenvalue weighted by Crippen LogP contribution is -2.27. The summed E-state index contributed by atoms with van der Waals surface area (Å²) in [5.41, 5.74) is 1.62. The van der Waals surface area contributed by atoms with Crippen molar-refractivity contribution in [3.05, 3.63) is 70.0 Å². The van der Waals surface area contributed by atoms with Crippen molar-refractivity contribution in [1.29, 1.82) is 0 Å². The molecule has 25 heavy (non-hydrogen) atoms. The minimum atomic E-state index is -0.0758. The first kappa shape index (κ1) is 17.5. The van der Waals surface area contributed by atoms with Gasteiger partial charge in [0.2, 0.25) is 17.6 Å². The summed E-state index contributed by atoms with van der Waals surface area (Å²) in [4.78, 5) is 16.2. The summed E-state index contributed by atoms with van der Waals surface area (Å²) >= 11 is 11.9. The molecule has 1 heterocycles. The average molecular weight is 376 g/mol. The van der Waals surface area contributed by atoms with E-state index in [1.165, 1.54) is 0 Å². The Hall–Kier alpha value is -2.37. The van der Waals surface area contributed by atoms with E-state index in [1.54, 1.807) is 18.2 Å². The van der Waals surface area contributed by atoms with Gasteiger partial charge in [0.05, 0.1) is 11.4 Å². The third kappa shape index (κ3) is 4.81. The van der Waals surface area contributed by atoms with Crippen LogP contribution in [0.5, 0.6) is 0 Å². The van der Waals surface area contributed by atoms with Gasteiger partial charge in [0.1, 0.15) is 0 Å². The second kappa shape index (κ2) is 8.14. The van der Waals surface area contributed by atoms with Gasteiger partial charge in [0.25, 0.3) is 0 Å². The van der Waals surface area contributed by atoms with Crippen LogP contribution in [-0.4, -0.2) is 22.6 Å². The second-order valence-corrected chi connectivity index (χ2v) is 6.24. The number of hydrogen-bond donors (Lipinski definition) is 1. The van der Waals surface area contributed by atoms with Crippen molar-refractivity contribution in [2.45, 2.75) is 12.8 Å². The van der Waals surface area contributed by atoms with Crippen LogP contribution in [-0.2, 0) is 17.6 Å². The number of benzene rings is 2. The fourth-order valence-electron chi connectivity index (χ4n) is 2.27. The lowest BCUT2D eigenvalue weighted by Gasteiger charge is -2.03. The van der Waals surface area contributed by atoms with E-state index >= 15 is 0 Å². The smallest absolute Gasteiger partial charge is 0.228 e. The fraction of sp³-hybridized carbons (Fsp3) is 0.167. The topological polar surface area (TPSA) is 68.0 Å². The van der Waals surface area contributed by atoms with E-state index in [0.717, 1.165) is 5.56 Å². The zero-order valence-corrected chi connectivity index (χ0v) is 14.7. The van der Waals surface area contributed by atoms with Crippen LogP contribution in [0.15, 0.2) is 53.1 Å². The van der Waals surface area contributed by atoms with Gasteiger partial charge in [-0.1, -0.05) is 52.6 Å². The molecule has 0 aliphatic rings. The number of aromatic nitrogens is 2. The Balaban J connectivity index is 1.50. The molecule has 7 heteroatoms. The molecule has 0 spiro atoms. The maximum Gasteiger partial charge on any atom is 0.228 e. The van der Waals surface area contributed by atoms with E-state index in [4.69, 9.17) is 27.7 Å². The standard InChI is InChI=1S/C18H15Cl2N3O2/c19-13-7-5-12(6-8-13)11-16(24)21-10-9-17-22-18(23-25-17)14-3-1-2-4-15(14)20/h1-8H,9-11H2,(H,21,24). The summed E-state index contributed by atoms with van der Waals surface area (Å²) in [6.45, 7) is 0.413.